The zero-order valence-electron chi connectivity index (χ0n) is 18.0. The summed E-state index contributed by atoms with van der Waals surface area (Å²) in [6.07, 6.45) is 7.80. The van der Waals surface area contributed by atoms with Crippen molar-refractivity contribution in [2.24, 2.45) is 0 Å². The van der Waals surface area contributed by atoms with Gasteiger partial charge in [-0.3, -0.25) is 0 Å². The fourth-order valence-electron chi connectivity index (χ4n) is 3.94. The molecule has 0 amide bonds. The van der Waals surface area contributed by atoms with E-state index in [2.05, 4.69) is 31.2 Å². The van der Waals surface area contributed by atoms with Crippen LogP contribution >= 0.6 is 0 Å². The monoisotopic (exact) mass is 428 g/mol. The van der Waals surface area contributed by atoms with Gasteiger partial charge in [-0.05, 0) is 54.5 Å². The number of oxazole rings is 2. The first-order valence-electron chi connectivity index (χ1n) is 10.8. The van der Waals surface area contributed by atoms with E-state index in [0.717, 1.165) is 44.1 Å². The van der Waals surface area contributed by atoms with E-state index in [4.69, 9.17) is 18.8 Å². The number of rotatable bonds is 4. The fourth-order valence-corrected chi connectivity index (χ4v) is 3.94. The highest BCUT2D eigenvalue weighted by molar-refractivity contribution is 6.13. The summed E-state index contributed by atoms with van der Waals surface area (Å²) in [5.41, 5.74) is 6.58. The van der Waals surface area contributed by atoms with Gasteiger partial charge in [0.25, 0.3) is 0 Å². The van der Waals surface area contributed by atoms with Gasteiger partial charge in [-0.1, -0.05) is 60.2 Å². The van der Waals surface area contributed by atoms with Crippen molar-refractivity contribution in [1.29, 1.82) is 0 Å². The van der Waals surface area contributed by atoms with E-state index in [1.807, 2.05) is 78.9 Å². The maximum atomic E-state index is 5.97. The van der Waals surface area contributed by atoms with Crippen LogP contribution in [0.2, 0.25) is 0 Å². The predicted octanol–water partition coefficient (Wildman–Crippen LogP) is 7.77. The van der Waals surface area contributed by atoms with Gasteiger partial charge in [0.15, 0.2) is 11.2 Å². The Morgan fingerprint density at radius 3 is 1.61 bits per heavy atom. The average molecular weight is 428 g/mol. The van der Waals surface area contributed by atoms with Gasteiger partial charge in [0.1, 0.15) is 11.0 Å². The molecule has 0 aliphatic heterocycles. The van der Waals surface area contributed by atoms with Crippen LogP contribution in [0.25, 0.3) is 57.3 Å². The van der Waals surface area contributed by atoms with E-state index in [-0.39, 0.29) is 0 Å². The fraction of sp³-hybridized carbons (Fsp3) is 0.0345. The van der Waals surface area contributed by atoms with Crippen molar-refractivity contribution in [2.45, 2.75) is 6.92 Å². The van der Waals surface area contributed by atoms with Crippen molar-refractivity contribution in [3.8, 4) is 0 Å². The third kappa shape index (κ3) is 3.72. The SMILES string of the molecule is Cc1ccc(/C=C/c2nc3c(ccc4c3ccc3oc(/C=C/c5ccccc5)nc34)o2)cc1. The van der Waals surface area contributed by atoms with Gasteiger partial charge in [0, 0.05) is 22.9 Å². The van der Waals surface area contributed by atoms with Crippen LogP contribution in [-0.4, -0.2) is 9.97 Å². The number of hydrogen-bond acceptors (Lipinski definition) is 4. The van der Waals surface area contributed by atoms with Crippen LogP contribution in [0, 0.1) is 6.92 Å². The van der Waals surface area contributed by atoms with Crippen LogP contribution in [0.15, 0.2) is 87.7 Å². The Kier molecular flexibility index (Phi) is 4.62. The Morgan fingerprint density at radius 1 is 0.545 bits per heavy atom. The number of aromatic nitrogens is 2. The van der Waals surface area contributed by atoms with E-state index in [9.17, 15) is 0 Å². The first-order chi connectivity index (χ1) is 16.2. The number of benzene rings is 4. The van der Waals surface area contributed by atoms with Crippen molar-refractivity contribution in [3.63, 3.8) is 0 Å². The Hall–Kier alpha value is -4.44. The number of nitrogens with zero attached hydrogens (tertiary/aromatic N) is 2. The molecule has 0 aliphatic rings. The first kappa shape index (κ1) is 19.3. The predicted molar refractivity (Wildman–Crippen MR) is 135 cm³/mol. The zero-order valence-corrected chi connectivity index (χ0v) is 18.0. The first-order valence-corrected chi connectivity index (χ1v) is 10.8. The second kappa shape index (κ2) is 7.92. The van der Waals surface area contributed by atoms with Crippen LogP contribution in [0.3, 0.4) is 0 Å². The number of hydrogen-bond donors (Lipinski definition) is 0. The average Bonchev–Trinajstić information content (AvgIpc) is 3.46. The highest BCUT2D eigenvalue weighted by atomic mass is 16.4. The molecule has 0 spiro atoms. The topological polar surface area (TPSA) is 52.1 Å². The van der Waals surface area contributed by atoms with Crippen molar-refractivity contribution < 1.29 is 8.83 Å². The van der Waals surface area contributed by atoms with Crippen LogP contribution in [0.1, 0.15) is 28.5 Å². The van der Waals surface area contributed by atoms with Crippen molar-refractivity contribution in [3.05, 3.63) is 107 Å². The standard InChI is InChI=1S/C29H20N2O2/c1-19-7-9-21(10-8-19)12-18-27-31-29-23-13-15-24-28(22(23)14-16-25(29)33-27)30-26(32-24)17-11-20-5-3-2-4-6-20/h2-18H,1H3/b17-11+,18-12+. The highest BCUT2D eigenvalue weighted by Gasteiger charge is 2.13. The van der Waals surface area contributed by atoms with Gasteiger partial charge in [0.2, 0.25) is 11.8 Å². The van der Waals surface area contributed by atoms with Gasteiger partial charge < -0.3 is 8.83 Å². The largest absolute Gasteiger partial charge is 0.437 e. The van der Waals surface area contributed by atoms with Gasteiger partial charge in [-0.2, -0.15) is 0 Å². The molecule has 4 heteroatoms. The van der Waals surface area contributed by atoms with Gasteiger partial charge in [-0.15, -0.1) is 0 Å². The molecule has 0 N–H and O–H groups in total. The number of aryl methyl sites for hydroxylation is 1. The van der Waals surface area contributed by atoms with Crippen LogP contribution in [0.4, 0.5) is 0 Å². The Morgan fingerprint density at radius 2 is 1.06 bits per heavy atom. The molecule has 0 aliphatic carbocycles. The summed E-state index contributed by atoms with van der Waals surface area (Å²) < 4.78 is 11.9. The van der Waals surface area contributed by atoms with E-state index < -0.39 is 0 Å². The highest BCUT2D eigenvalue weighted by Crippen LogP contribution is 2.32. The van der Waals surface area contributed by atoms with Crippen molar-refractivity contribution in [2.75, 3.05) is 0 Å². The lowest BCUT2D eigenvalue weighted by atomic mass is 10.1. The van der Waals surface area contributed by atoms with Gasteiger partial charge in [0.05, 0.1) is 0 Å². The molecule has 0 radical (unpaired) electrons. The molecule has 33 heavy (non-hydrogen) atoms. The summed E-state index contributed by atoms with van der Waals surface area (Å²) in [6.45, 7) is 2.08. The third-order valence-corrected chi connectivity index (χ3v) is 5.66. The second-order valence-electron chi connectivity index (χ2n) is 8.01. The molecule has 0 saturated heterocycles. The molecule has 0 unspecified atom stereocenters. The van der Waals surface area contributed by atoms with E-state index in [1.54, 1.807) is 0 Å². The Balaban J connectivity index is 1.38. The summed E-state index contributed by atoms with van der Waals surface area (Å²) in [4.78, 5) is 9.46. The van der Waals surface area contributed by atoms with Crippen LogP contribution < -0.4 is 0 Å². The maximum absolute atomic E-state index is 5.97. The minimum absolute atomic E-state index is 0.573. The Bertz CT molecular complexity index is 1650. The lowest BCUT2D eigenvalue weighted by Gasteiger charge is -1.97. The maximum Gasteiger partial charge on any atom is 0.220 e. The molecule has 6 aromatic rings. The molecule has 0 atom stereocenters. The molecule has 2 aromatic heterocycles. The molecule has 6 rings (SSSR count). The van der Waals surface area contributed by atoms with Gasteiger partial charge in [-0.25, -0.2) is 9.97 Å². The minimum atomic E-state index is 0.573. The second-order valence-corrected chi connectivity index (χ2v) is 8.01. The summed E-state index contributed by atoms with van der Waals surface area (Å²) >= 11 is 0. The quantitative estimate of drug-likeness (QED) is 0.288. The third-order valence-electron chi connectivity index (χ3n) is 5.66. The number of fused-ring (bicyclic) bond motifs is 5. The van der Waals surface area contributed by atoms with E-state index in [1.165, 1.54) is 5.56 Å². The Labute approximate surface area is 190 Å². The molecular formula is C29H20N2O2. The normalized spacial score (nSPS) is 12.2. The zero-order chi connectivity index (χ0) is 22.2. The lowest BCUT2D eigenvalue weighted by molar-refractivity contribution is 0.589. The summed E-state index contributed by atoms with van der Waals surface area (Å²) in [7, 11) is 0. The van der Waals surface area contributed by atoms with Crippen LogP contribution in [0.5, 0.6) is 0 Å². The molecule has 0 saturated carbocycles. The van der Waals surface area contributed by atoms with E-state index >= 15 is 0 Å². The molecule has 4 nitrogen and oxygen atoms in total. The van der Waals surface area contributed by atoms with Gasteiger partial charge >= 0.3 is 0 Å². The lowest BCUT2D eigenvalue weighted by Crippen LogP contribution is -1.79. The molecule has 2 heterocycles. The minimum Gasteiger partial charge on any atom is -0.437 e. The molecule has 0 fully saturated rings. The summed E-state index contributed by atoms with van der Waals surface area (Å²) in [5, 5.41) is 1.98. The molecule has 158 valence electrons. The van der Waals surface area contributed by atoms with Crippen molar-refractivity contribution >= 4 is 57.3 Å². The van der Waals surface area contributed by atoms with Crippen molar-refractivity contribution in [1.82, 2.24) is 9.97 Å². The van der Waals surface area contributed by atoms with Crippen LogP contribution in [-0.2, 0) is 0 Å². The summed E-state index contributed by atoms with van der Waals surface area (Å²) in [5.74, 6) is 1.15. The molecule has 0 bridgehead atoms. The molecule has 4 aromatic carbocycles. The molecular weight excluding hydrogens is 408 g/mol. The van der Waals surface area contributed by atoms with E-state index in [0.29, 0.717) is 11.8 Å². The summed E-state index contributed by atoms with van der Waals surface area (Å²) in [6, 6.07) is 26.4. The smallest absolute Gasteiger partial charge is 0.220 e.